The Labute approximate surface area is 88.3 Å². The van der Waals surface area contributed by atoms with Gasteiger partial charge in [-0.1, -0.05) is 0 Å². The van der Waals surface area contributed by atoms with Gasteiger partial charge >= 0.3 is 6.18 Å². The van der Waals surface area contributed by atoms with Gasteiger partial charge in [-0.2, -0.15) is 13.2 Å². The van der Waals surface area contributed by atoms with E-state index in [0.717, 1.165) is 6.20 Å². The van der Waals surface area contributed by atoms with E-state index in [2.05, 4.69) is 20.4 Å². The molecule has 0 amide bonds. The minimum Gasteiger partial charge on any atom is -0.323 e. The summed E-state index contributed by atoms with van der Waals surface area (Å²) in [6, 6.07) is 0. The molecule has 0 unspecified atom stereocenters. The maximum atomic E-state index is 12.4. The highest BCUT2D eigenvalue weighted by Crippen LogP contribution is 2.26. The highest BCUT2D eigenvalue weighted by molar-refractivity contribution is 5.69. The summed E-state index contributed by atoms with van der Waals surface area (Å²) in [5, 5.41) is 0. The SMILES string of the molecule is CCNn1cnc2cnc(C(F)(F)F)nc21. The van der Waals surface area contributed by atoms with Crippen LogP contribution in [0.15, 0.2) is 12.5 Å². The molecule has 0 saturated carbocycles. The van der Waals surface area contributed by atoms with E-state index >= 15 is 0 Å². The zero-order valence-corrected chi connectivity index (χ0v) is 8.28. The maximum absolute atomic E-state index is 12.4. The van der Waals surface area contributed by atoms with Crippen LogP contribution in [-0.4, -0.2) is 26.2 Å². The molecule has 16 heavy (non-hydrogen) atoms. The largest absolute Gasteiger partial charge is 0.451 e. The number of rotatable bonds is 2. The molecular formula is C8H8F3N5. The zero-order chi connectivity index (χ0) is 11.8. The number of nitrogens with zero attached hydrogens (tertiary/aromatic N) is 4. The molecule has 0 bridgehead atoms. The Morgan fingerprint density at radius 3 is 2.75 bits per heavy atom. The Balaban J connectivity index is 2.54. The standard InChI is InChI=1S/C8H8F3N5/c1-2-14-16-4-13-5-3-12-7(8(9,10)11)15-6(5)16/h3-4,14H,2H2,1H3. The number of halogens is 3. The van der Waals surface area contributed by atoms with Gasteiger partial charge in [0.1, 0.15) is 11.8 Å². The first-order chi connectivity index (χ1) is 7.52. The summed E-state index contributed by atoms with van der Waals surface area (Å²) < 4.78 is 38.4. The van der Waals surface area contributed by atoms with Gasteiger partial charge in [-0.3, -0.25) is 0 Å². The summed E-state index contributed by atoms with van der Waals surface area (Å²) in [5.74, 6) is -1.17. The lowest BCUT2D eigenvalue weighted by atomic mass is 10.5. The van der Waals surface area contributed by atoms with Crippen molar-refractivity contribution in [2.45, 2.75) is 13.1 Å². The molecule has 1 N–H and O–H groups in total. The molecule has 0 spiro atoms. The Bertz CT molecular complexity index is 504. The van der Waals surface area contributed by atoms with E-state index in [9.17, 15) is 13.2 Å². The molecular weight excluding hydrogens is 223 g/mol. The molecule has 0 aliphatic heterocycles. The van der Waals surface area contributed by atoms with E-state index in [0.29, 0.717) is 12.1 Å². The third kappa shape index (κ3) is 1.77. The molecule has 0 aromatic carbocycles. The molecule has 0 atom stereocenters. The summed E-state index contributed by atoms with van der Waals surface area (Å²) in [4.78, 5) is 10.5. The quantitative estimate of drug-likeness (QED) is 0.848. The van der Waals surface area contributed by atoms with Crippen LogP contribution in [0.4, 0.5) is 13.2 Å². The zero-order valence-electron chi connectivity index (χ0n) is 8.28. The molecule has 0 aliphatic carbocycles. The van der Waals surface area contributed by atoms with E-state index in [-0.39, 0.29) is 5.65 Å². The Morgan fingerprint density at radius 2 is 2.12 bits per heavy atom. The van der Waals surface area contributed by atoms with Crippen molar-refractivity contribution in [3.63, 3.8) is 0 Å². The summed E-state index contributed by atoms with van der Waals surface area (Å²) >= 11 is 0. The van der Waals surface area contributed by atoms with Gasteiger partial charge in [0.25, 0.3) is 0 Å². The molecule has 0 fully saturated rings. The number of hydrogen-bond acceptors (Lipinski definition) is 4. The van der Waals surface area contributed by atoms with E-state index in [1.54, 1.807) is 0 Å². The molecule has 0 radical (unpaired) electrons. The minimum atomic E-state index is -4.55. The second-order valence-electron chi connectivity index (χ2n) is 3.03. The van der Waals surface area contributed by atoms with Crippen LogP contribution in [0.3, 0.4) is 0 Å². The van der Waals surface area contributed by atoms with E-state index < -0.39 is 12.0 Å². The van der Waals surface area contributed by atoms with Crippen molar-refractivity contribution in [2.75, 3.05) is 12.0 Å². The first kappa shape index (κ1) is 10.7. The van der Waals surface area contributed by atoms with Crippen molar-refractivity contribution in [3.05, 3.63) is 18.3 Å². The highest BCUT2D eigenvalue weighted by Gasteiger charge is 2.35. The number of alkyl halides is 3. The Hall–Kier alpha value is -1.86. The van der Waals surface area contributed by atoms with Gasteiger partial charge in [0.2, 0.25) is 5.82 Å². The van der Waals surface area contributed by atoms with E-state index in [1.165, 1.54) is 11.0 Å². The average Bonchev–Trinajstić information content (AvgIpc) is 2.60. The van der Waals surface area contributed by atoms with E-state index in [1.807, 2.05) is 6.92 Å². The second kappa shape index (κ2) is 3.62. The number of hydrogen-bond donors (Lipinski definition) is 1. The van der Waals surface area contributed by atoms with Crippen LogP contribution in [-0.2, 0) is 6.18 Å². The fourth-order valence-corrected chi connectivity index (χ4v) is 1.23. The molecule has 2 heterocycles. The Morgan fingerprint density at radius 1 is 1.38 bits per heavy atom. The van der Waals surface area contributed by atoms with Gasteiger partial charge in [0.15, 0.2) is 5.65 Å². The van der Waals surface area contributed by atoms with Crippen molar-refractivity contribution >= 4 is 11.2 Å². The minimum absolute atomic E-state index is 0.115. The maximum Gasteiger partial charge on any atom is 0.451 e. The van der Waals surface area contributed by atoms with Crippen molar-refractivity contribution < 1.29 is 13.2 Å². The van der Waals surface area contributed by atoms with Gasteiger partial charge in [0.05, 0.1) is 6.20 Å². The summed E-state index contributed by atoms with van der Waals surface area (Å²) in [7, 11) is 0. The van der Waals surface area contributed by atoms with Gasteiger partial charge in [0, 0.05) is 6.54 Å². The van der Waals surface area contributed by atoms with Crippen LogP contribution in [0.2, 0.25) is 0 Å². The molecule has 8 heteroatoms. The number of aromatic nitrogens is 4. The van der Waals surface area contributed by atoms with E-state index in [4.69, 9.17) is 0 Å². The van der Waals surface area contributed by atoms with Gasteiger partial charge < -0.3 is 5.43 Å². The molecule has 2 rings (SSSR count). The van der Waals surface area contributed by atoms with Crippen LogP contribution < -0.4 is 5.43 Å². The molecule has 86 valence electrons. The smallest absolute Gasteiger partial charge is 0.323 e. The van der Waals surface area contributed by atoms with Crippen molar-refractivity contribution in [2.24, 2.45) is 0 Å². The normalized spacial score (nSPS) is 12.0. The number of imidazole rings is 1. The van der Waals surface area contributed by atoms with Crippen molar-refractivity contribution in [1.82, 2.24) is 19.6 Å². The predicted octanol–water partition coefficient (Wildman–Crippen LogP) is 1.41. The number of fused-ring (bicyclic) bond motifs is 1. The first-order valence-electron chi connectivity index (χ1n) is 4.53. The van der Waals surface area contributed by atoms with Crippen LogP contribution in [0.1, 0.15) is 12.7 Å². The monoisotopic (exact) mass is 231 g/mol. The topological polar surface area (TPSA) is 55.6 Å². The van der Waals surface area contributed by atoms with Crippen LogP contribution in [0.25, 0.3) is 11.2 Å². The number of nitrogens with one attached hydrogen (secondary N) is 1. The van der Waals surface area contributed by atoms with Crippen LogP contribution in [0, 0.1) is 0 Å². The first-order valence-corrected chi connectivity index (χ1v) is 4.53. The lowest BCUT2D eigenvalue weighted by molar-refractivity contribution is -0.144. The molecule has 2 aromatic heterocycles. The third-order valence-corrected chi connectivity index (χ3v) is 1.87. The fourth-order valence-electron chi connectivity index (χ4n) is 1.23. The molecule has 0 saturated heterocycles. The lowest BCUT2D eigenvalue weighted by Gasteiger charge is -2.06. The third-order valence-electron chi connectivity index (χ3n) is 1.87. The summed E-state index contributed by atoms with van der Waals surface area (Å²) in [6.45, 7) is 2.37. The van der Waals surface area contributed by atoms with Gasteiger partial charge in [-0.05, 0) is 6.92 Å². The van der Waals surface area contributed by atoms with Gasteiger partial charge in [-0.15, -0.1) is 0 Å². The molecule has 5 nitrogen and oxygen atoms in total. The second-order valence-corrected chi connectivity index (χ2v) is 3.03. The molecule has 0 aliphatic rings. The molecule has 2 aromatic rings. The van der Waals surface area contributed by atoms with Gasteiger partial charge in [-0.25, -0.2) is 19.6 Å². The summed E-state index contributed by atoms with van der Waals surface area (Å²) in [6.07, 6.45) is -2.13. The average molecular weight is 231 g/mol. The van der Waals surface area contributed by atoms with Crippen LogP contribution in [0.5, 0.6) is 0 Å². The predicted molar refractivity (Wildman–Crippen MR) is 50.2 cm³/mol. The highest BCUT2D eigenvalue weighted by atomic mass is 19.4. The lowest BCUT2D eigenvalue weighted by Crippen LogP contribution is -2.15. The van der Waals surface area contributed by atoms with Crippen molar-refractivity contribution in [1.29, 1.82) is 0 Å². The Kier molecular flexibility index (Phi) is 2.41. The summed E-state index contributed by atoms with van der Waals surface area (Å²) in [5.41, 5.74) is 3.23. The van der Waals surface area contributed by atoms with Crippen LogP contribution >= 0.6 is 0 Å². The van der Waals surface area contributed by atoms with Crippen molar-refractivity contribution in [3.8, 4) is 0 Å². The fraction of sp³-hybridized carbons (Fsp3) is 0.375.